The van der Waals surface area contributed by atoms with Crippen LogP contribution in [0.25, 0.3) is 0 Å². The number of aryl methyl sites for hydroxylation is 1. The Hall–Kier alpha value is -1.89. The highest BCUT2D eigenvalue weighted by molar-refractivity contribution is 7.89. The largest absolute Gasteiger partial charge is 0.378 e. The average Bonchev–Trinajstić information content (AvgIpc) is 2.57. The maximum atomic E-state index is 12.8. The molecule has 0 aliphatic carbocycles. The standard InChI is InChI=1S/C20H29N3O2S/c1-15-8-7-9-20(16(15)2)26(24,25)21-14-19(23(5)6)17-10-12-18(13-11-17)22(3)4/h7-13,19,21H,14H2,1-6H3/t19-/m1/s1. The Balaban J connectivity index is 2.21. The van der Waals surface area contributed by atoms with Crippen molar-refractivity contribution in [3.05, 3.63) is 59.2 Å². The first kappa shape index (κ1) is 20.4. The molecule has 0 fully saturated rings. The van der Waals surface area contributed by atoms with Gasteiger partial charge in [0.1, 0.15) is 0 Å². The second kappa shape index (κ2) is 8.20. The molecule has 1 atom stereocenters. The zero-order valence-corrected chi connectivity index (χ0v) is 17.3. The fourth-order valence-corrected chi connectivity index (χ4v) is 4.23. The molecule has 0 saturated heterocycles. The molecule has 0 radical (unpaired) electrons. The molecule has 0 unspecified atom stereocenters. The Labute approximate surface area is 157 Å². The molecule has 0 saturated carbocycles. The van der Waals surface area contributed by atoms with E-state index in [2.05, 4.69) is 4.72 Å². The summed E-state index contributed by atoms with van der Waals surface area (Å²) >= 11 is 0. The Morgan fingerprint density at radius 2 is 1.58 bits per heavy atom. The first-order chi connectivity index (χ1) is 12.1. The minimum atomic E-state index is -3.56. The van der Waals surface area contributed by atoms with E-state index in [1.165, 1.54) is 0 Å². The Kier molecular flexibility index (Phi) is 6.44. The normalized spacial score (nSPS) is 13.0. The van der Waals surface area contributed by atoms with Gasteiger partial charge in [-0.2, -0.15) is 0 Å². The first-order valence-corrected chi connectivity index (χ1v) is 10.1. The van der Waals surface area contributed by atoms with Crippen molar-refractivity contribution >= 4 is 15.7 Å². The molecule has 0 amide bonds. The highest BCUT2D eigenvalue weighted by atomic mass is 32.2. The average molecular weight is 376 g/mol. The lowest BCUT2D eigenvalue weighted by Gasteiger charge is -2.26. The van der Waals surface area contributed by atoms with Crippen LogP contribution < -0.4 is 9.62 Å². The molecule has 2 rings (SSSR count). The molecule has 5 nitrogen and oxygen atoms in total. The summed E-state index contributed by atoms with van der Waals surface area (Å²) in [6.07, 6.45) is 0. The summed E-state index contributed by atoms with van der Waals surface area (Å²) in [5, 5.41) is 0. The predicted octanol–water partition coefficient (Wildman–Crippen LogP) is 2.95. The van der Waals surface area contributed by atoms with Gasteiger partial charge in [-0.05, 0) is 62.8 Å². The third-order valence-corrected chi connectivity index (χ3v) is 6.30. The molecule has 0 heterocycles. The summed E-state index contributed by atoms with van der Waals surface area (Å²) < 4.78 is 28.3. The number of nitrogens with one attached hydrogen (secondary N) is 1. The molecule has 0 bridgehead atoms. The van der Waals surface area contributed by atoms with Crippen LogP contribution in [-0.2, 0) is 10.0 Å². The van der Waals surface area contributed by atoms with E-state index in [1.807, 2.05) is 82.2 Å². The zero-order chi connectivity index (χ0) is 19.5. The van der Waals surface area contributed by atoms with E-state index in [1.54, 1.807) is 12.1 Å². The smallest absolute Gasteiger partial charge is 0.240 e. The summed E-state index contributed by atoms with van der Waals surface area (Å²) in [5.41, 5.74) is 3.94. The zero-order valence-electron chi connectivity index (χ0n) is 16.4. The molecule has 6 heteroatoms. The Morgan fingerprint density at radius 3 is 2.12 bits per heavy atom. The second-order valence-corrected chi connectivity index (χ2v) is 8.75. The van der Waals surface area contributed by atoms with E-state index in [0.29, 0.717) is 11.4 Å². The lowest BCUT2D eigenvalue weighted by atomic mass is 10.1. The summed E-state index contributed by atoms with van der Waals surface area (Å²) in [6.45, 7) is 4.07. The van der Waals surface area contributed by atoms with Crippen LogP contribution in [0.1, 0.15) is 22.7 Å². The van der Waals surface area contributed by atoms with E-state index in [4.69, 9.17) is 0 Å². The van der Waals surface area contributed by atoms with Crippen molar-refractivity contribution in [1.29, 1.82) is 0 Å². The topological polar surface area (TPSA) is 52.7 Å². The van der Waals surface area contributed by atoms with E-state index >= 15 is 0 Å². The maximum absolute atomic E-state index is 12.8. The van der Waals surface area contributed by atoms with Crippen LogP contribution in [0.3, 0.4) is 0 Å². The van der Waals surface area contributed by atoms with Crippen molar-refractivity contribution in [2.24, 2.45) is 0 Å². The van der Waals surface area contributed by atoms with Gasteiger partial charge in [0.25, 0.3) is 0 Å². The van der Waals surface area contributed by atoms with E-state index in [-0.39, 0.29) is 6.04 Å². The number of likely N-dealkylation sites (N-methyl/N-ethyl adjacent to an activating group) is 1. The highest BCUT2D eigenvalue weighted by Crippen LogP contribution is 2.23. The number of hydrogen-bond acceptors (Lipinski definition) is 4. The van der Waals surface area contributed by atoms with Gasteiger partial charge in [0, 0.05) is 32.4 Å². The third kappa shape index (κ3) is 4.63. The summed E-state index contributed by atoms with van der Waals surface area (Å²) in [5.74, 6) is 0. The predicted molar refractivity (Wildman–Crippen MR) is 108 cm³/mol. The number of hydrogen-bond donors (Lipinski definition) is 1. The molecule has 1 N–H and O–H groups in total. The van der Waals surface area contributed by atoms with Gasteiger partial charge in [0.05, 0.1) is 4.90 Å². The maximum Gasteiger partial charge on any atom is 0.240 e. The van der Waals surface area contributed by atoms with Crippen molar-refractivity contribution in [3.63, 3.8) is 0 Å². The van der Waals surface area contributed by atoms with Crippen LogP contribution in [0.15, 0.2) is 47.4 Å². The Morgan fingerprint density at radius 1 is 0.962 bits per heavy atom. The van der Waals surface area contributed by atoms with Gasteiger partial charge in [0.2, 0.25) is 10.0 Å². The van der Waals surface area contributed by atoms with Gasteiger partial charge in [-0.25, -0.2) is 13.1 Å². The molecular weight excluding hydrogens is 346 g/mol. The van der Waals surface area contributed by atoms with Gasteiger partial charge >= 0.3 is 0 Å². The lowest BCUT2D eigenvalue weighted by molar-refractivity contribution is 0.299. The van der Waals surface area contributed by atoms with Gasteiger partial charge < -0.3 is 9.80 Å². The molecule has 0 spiro atoms. The molecule has 0 aliphatic rings. The molecule has 2 aromatic rings. The minimum absolute atomic E-state index is 0.0499. The third-order valence-electron chi connectivity index (χ3n) is 4.73. The highest BCUT2D eigenvalue weighted by Gasteiger charge is 2.21. The van der Waals surface area contributed by atoms with Crippen molar-refractivity contribution in [2.45, 2.75) is 24.8 Å². The molecule has 142 valence electrons. The van der Waals surface area contributed by atoms with E-state index in [0.717, 1.165) is 22.4 Å². The van der Waals surface area contributed by atoms with Crippen LogP contribution >= 0.6 is 0 Å². The fraction of sp³-hybridized carbons (Fsp3) is 0.400. The van der Waals surface area contributed by atoms with Crippen LogP contribution in [0, 0.1) is 13.8 Å². The number of sulfonamides is 1. The van der Waals surface area contributed by atoms with Crippen LogP contribution in [0.2, 0.25) is 0 Å². The number of benzene rings is 2. The molecule has 0 aromatic heterocycles. The van der Waals surface area contributed by atoms with Gasteiger partial charge in [0.15, 0.2) is 0 Å². The molecule has 26 heavy (non-hydrogen) atoms. The second-order valence-electron chi connectivity index (χ2n) is 7.02. The van der Waals surface area contributed by atoms with E-state index in [9.17, 15) is 8.42 Å². The van der Waals surface area contributed by atoms with E-state index < -0.39 is 10.0 Å². The Bertz CT molecular complexity index is 844. The van der Waals surface area contributed by atoms with Gasteiger partial charge in [-0.1, -0.05) is 24.3 Å². The van der Waals surface area contributed by atoms with Crippen LogP contribution in [-0.4, -0.2) is 48.1 Å². The number of nitrogens with zero attached hydrogens (tertiary/aromatic N) is 2. The van der Waals surface area contributed by atoms with Gasteiger partial charge in [-0.15, -0.1) is 0 Å². The minimum Gasteiger partial charge on any atom is -0.378 e. The van der Waals surface area contributed by atoms with Crippen molar-refractivity contribution in [2.75, 3.05) is 39.6 Å². The monoisotopic (exact) mass is 375 g/mol. The lowest BCUT2D eigenvalue weighted by Crippen LogP contribution is -2.34. The SMILES string of the molecule is Cc1cccc(S(=O)(=O)NC[C@H](c2ccc(N(C)C)cc2)N(C)C)c1C. The number of anilines is 1. The number of rotatable bonds is 7. The fourth-order valence-electron chi connectivity index (χ4n) is 2.87. The quantitative estimate of drug-likeness (QED) is 0.808. The van der Waals surface area contributed by atoms with Crippen molar-refractivity contribution in [3.8, 4) is 0 Å². The van der Waals surface area contributed by atoms with Crippen molar-refractivity contribution in [1.82, 2.24) is 9.62 Å². The summed E-state index contributed by atoms with van der Waals surface area (Å²) in [6, 6.07) is 13.5. The summed E-state index contributed by atoms with van der Waals surface area (Å²) in [7, 11) is 4.35. The van der Waals surface area contributed by atoms with Crippen LogP contribution in [0.4, 0.5) is 5.69 Å². The van der Waals surface area contributed by atoms with Gasteiger partial charge in [-0.3, -0.25) is 0 Å². The molecule has 0 aliphatic heterocycles. The van der Waals surface area contributed by atoms with Crippen LogP contribution in [0.5, 0.6) is 0 Å². The first-order valence-electron chi connectivity index (χ1n) is 8.63. The summed E-state index contributed by atoms with van der Waals surface area (Å²) in [4.78, 5) is 4.41. The van der Waals surface area contributed by atoms with Crippen molar-refractivity contribution < 1.29 is 8.42 Å². The molecular formula is C20H29N3O2S. The molecule has 2 aromatic carbocycles.